The summed E-state index contributed by atoms with van der Waals surface area (Å²) in [6.45, 7) is 1.03. The van der Waals surface area contributed by atoms with Gasteiger partial charge in [0, 0.05) is 13.0 Å². The minimum Gasteiger partial charge on any atom is -0.396 e. The van der Waals surface area contributed by atoms with Crippen molar-refractivity contribution in [3.05, 3.63) is 0 Å². The first-order valence-corrected chi connectivity index (χ1v) is 2.12. The van der Waals surface area contributed by atoms with Crippen molar-refractivity contribution in [1.82, 2.24) is 0 Å². The number of aliphatic hydroxyl groups is 3. The molecule has 0 saturated carbocycles. The summed E-state index contributed by atoms with van der Waals surface area (Å²) in [5, 5.41) is 24.9. The van der Waals surface area contributed by atoms with Gasteiger partial charge < -0.3 is 15.3 Å². The first kappa shape index (κ1) is 6.88. The van der Waals surface area contributed by atoms with Crippen LogP contribution in [0.4, 0.5) is 0 Å². The quantitative estimate of drug-likeness (QED) is 0.398. The van der Waals surface area contributed by atoms with Gasteiger partial charge in [0.15, 0.2) is 5.79 Å². The Morgan fingerprint density at radius 1 is 1.43 bits per heavy atom. The molecule has 0 bridgehead atoms. The Bertz CT molecular complexity index is 45.4. The van der Waals surface area contributed by atoms with E-state index in [1.54, 1.807) is 0 Å². The van der Waals surface area contributed by atoms with E-state index in [4.69, 9.17) is 15.3 Å². The minimum atomic E-state index is -1.70. The predicted molar refractivity (Wildman–Crippen MR) is 24.5 cm³/mol. The molecule has 0 amide bonds. The van der Waals surface area contributed by atoms with Gasteiger partial charge in [-0.05, 0) is 6.92 Å². The molecule has 0 spiro atoms. The number of hydrogen-bond acceptors (Lipinski definition) is 3. The van der Waals surface area contributed by atoms with Gasteiger partial charge in [-0.25, -0.2) is 0 Å². The maximum absolute atomic E-state index is 8.41. The zero-order chi connectivity index (χ0) is 5.91. The molecule has 0 aliphatic carbocycles. The molecule has 3 N–H and O–H groups in total. The lowest BCUT2D eigenvalue weighted by atomic mass is 10.2. The van der Waals surface area contributed by atoms with Crippen LogP contribution in [-0.2, 0) is 0 Å². The van der Waals surface area contributed by atoms with Gasteiger partial charge in [-0.15, -0.1) is 0 Å². The van der Waals surface area contributed by atoms with Crippen LogP contribution >= 0.6 is 0 Å². The zero-order valence-corrected chi connectivity index (χ0v) is 4.26. The average Bonchev–Trinajstić information content (AvgIpc) is 1.30. The third-order valence-corrected chi connectivity index (χ3v) is 0.585. The van der Waals surface area contributed by atoms with E-state index in [0.717, 1.165) is 0 Å². The summed E-state index contributed by atoms with van der Waals surface area (Å²) in [6, 6.07) is 0. The van der Waals surface area contributed by atoms with E-state index in [1.165, 1.54) is 6.92 Å². The molecule has 0 unspecified atom stereocenters. The number of aliphatic hydroxyl groups excluding tert-OH is 1. The topological polar surface area (TPSA) is 60.7 Å². The van der Waals surface area contributed by atoms with Gasteiger partial charge in [0.05, 0.1) is 0 Å². The van der Waals surface area contributed by atoms with E-state index in [1.807, 2.05) is 0 Å². The molecule has 3 heteroatoms. The maximum atomic E-state index is 8.41. The summed E-state index contributed by atoms with van der Waals surface area (Å²) < 4.78 is 0. The summed E-state index contributed by atoms with van der Waals surface area (Å²) >= 11 is 0. The van der Waals surface area contributed by atoms with Crippen LogP contribution in [0.2, 0.25) is 0 Å². The van der Waals surface area contributed by atoms with E-state index in [9.17, 15) is 0 Å². The molecule has 0 aliphatic rings. The average molecular weight is 106 g/mol. The Labute approximate surface area is 42.2 Å². The highest BCUT2D eigenvalue weighted by Crippen LogP contribution is 2.00. The number of rotatable bonds is 2. The van der Waals surface area contributed by atoms with Gasteiger partial charge in [-0.3, -0.25) is 0 Å². The first-order chi connectivity index (χ1) is 3.06. The molecule has 0 aromatic heterocycles. The SMILES string of the molecule is CC(O)(O)CCO. The third-order valence-electron chi connectivity index (χ3n) is 0.585. The van der Waals surface area contributed by atoms with E-state index in [-0.39, 0.29) is 13.0 Å². The van der Waals surface area contributed by atoms with Crippen LogP contribution in [0.3, 0.4) is 0 Å². The molecule has 0 saturated heterocycles. The normalized spacial score (nSPS) is 12.0. The van der Waals surface area contributed by atoms with Crippen molar-refractivity contribution >= 4 is 0 Å². The summed E-state index contributed by atoms with van der Waals surface area (Å²) in [6.07, 6.45) is 0.00694. The molecule has 44 valence electrons. The molecule has 0 rings (SSSR count). The molecule has 7 heavy (non-hydrogen) atoms. The van der Waals surface area contributed by atoms with Gasteiger partial charge in [0.25, 0.3) is 0 Å². The lowest BCUT2D eigenvalue weighted by Gasteiger charge is -2.12. The second kappa shape index (κ2) is 2.26. The Kier molecular flexibility index (Phi) is 2.22. The van der Waals surface area contributed by atoms with Crippen LogP contribution in [0.15, 0.2) is 0 Å². The highest BCUT2D eigenvalue weighted by molar-refractivity contribution is 4.52. The molecule has 0 aromatic rings. The molecule has 0 heterocycles. The second-order valence-corrected chi connectivity index (χ2v) is 1.69. The molecule has 0 aliphatic heterocycles. The van der Waals surface area contributed by atoms with Crippen molar-refractivity contribution in [2.75, 3.05) is 6.61 Å². The van der Waals surface area contributed by atoms with Crippen LogP contribution in [0, 0.1) is 0 Å². The van der Waals surface area contributed by atoms with Gasteiger partial charge in [0.2, 0.25) is 0 Å². The van der Waals surface area contributed by atoms with Gasteiger partial charge in [-0.1, -0.05) is 0 Å². The molecule has 0 atom stereocenters. The fraction of sp³-hybridized carbons (Fsp3) is 1.00. The maximum Gasteiger partial charge on any atom is 0.161 e. The minimum absolute atomic E-state index is 0.00694. The summed E-state index contributed by atoms with van der Waals surface area (Å²) in [7, 11) is 0. The smallest absolute Gasteiger partial charge is 0.161 e. The predicted octanol–water partition coefficient (Wildman–Crippen LogP) is -0.930. The Hall–Kier alpha value is -0.120. The van der Waals surface area contributed by atoms with E-state index >= 15 is 0 Å². The van der Waals surface area contributed by atoms with Gasteiger partial charge in [0.1, 0.15) is 0 Å². The fourth-order valence-electron chi connectivity index (χ4n) is 0.212. The molecule has 0 aromatic carbocycles. The highest BCUT2D eigenvalue weighted by Gasteiger charge is 2.11. The first-order valence-electron chi connectivity index (χ1n) is 2.12. The molecular formula is C4H10O3. The molecule has 0 radical (unpaired) electrons. The zero-order valence-electron chi connectivity index (χ0n) is 4.26. The second-order valence-electron chi connectivity index (χ2n) is 1.69. The van der Waals surface area contributed by atoms with E-state index < -0.39 is 5.79 Å². The lowest BCUT2D eigenvalue weighted by Crippen LogP contribution is -2.23. The van der Waals surface area contributed by atoms with Crippen LogP contribution in [0.1, 0.15) is 13.3 Å². The van der Waals surface area contributed by atoms with Crippen LogP contribution in [-0.4, -0.2) is 27.7 Å². The molecule has 0 fully saturated rings. The summed E-state index contributed by atoms with van der Waals surface area (Å²) in [5.41, 5.74) is 0. The van der Waals surface area contributed by atoms with Gasteiger partial charge >= 0.3 is 0 Å². The molecule has 3 nitrogen and oxygen atoms in total. The van der Waals surface area contributed by atoms with E-state index in [2.05, 4.69) is 0 Å². The van der Waals surface area contributed by atoms with Crippen molar-refractivity contribution < 1.29 is 15.3 Å². The van der Waals surface area contributed by atoms with Gasteiger partial charge in [-0.2, -0.15) is 0 Å². The standard InChI is InChI=1S/C4H10O3/c1-4(6,7)2-3-5/h5-7H,2-3H2,1H3. The van der Waals surface area contributed by atoms with Crippen LogP contribution in [0.5, 0.6) is 0 Å². The lowest BCUT2D eigenvalue weighted by molar-refractivity contribution is -0.154. The fourth-order valence-corrected chi connectivity index (χ4v) is 0.212. The summed E-state index contributed by atoms with van der Waals surface area (Å²) in [5.74, 6) is -1.70. The Balaban J connectivity index is 3.15. The van der Waals surface area contributed by atoms with Crippen LogP contribution in [0.25, 0.3) is 0 Å². The summed E-state index contributed by atoms with van der Waals surface area (Å²) in [4.78, 5) is 0. The Morgan fingerprint density at radius 2 is 1.86 bits per heavy atom. The molecular weight excluding hydrogens is 96.0 g/mol. The van der Waals surface area contributed by atoms with Crippen LogP contribution < -0.4 is 0 Å². The van der Waals surface area contributed by atoms with Crippen molar-refractivity contribution in [3.63, 3.8) is 0 Å². The van der Waals surface area contributed by atoms with Crippen molar-refractivity contribution in [2.24, 2.45) is 0 Å². The largest absolute Gasteiger partial charge is 0.396 e. The third kappa shape index (κ3) is 5.88. The monoisotopic (exact) mass is 106 g/mol. The van der Waals surface area contributed by atoms with E-state index in [0.29, 0.717) is 0 Å². The number of hydrogen-bond donors (Lipinski definition) is 3. The van der Waals surface area contributed by atoms with Crippen molar-refractivity contribution in [1.29, 1.82) is 0 Å². The van der Waals surface area contributed by atoms with Crippen molar-refractivity contribution in [3.8, 4) is 0 Å². The highest BCUT2D eigenvalue weighted by atomic mass is 16.5. The van der Waals surface area contributed by atoms with Crippen molar-refractivity contribution in [2.45, 2.75) is 19.1 Å². The Morgan fingerprint density at radius 3 is 1.86 bits per heavy atom.